The molecule has 0 radical (unpaired) electrons. The van der Waals surface area contributed by atoms with Gasteiger partial charge in [0.2, 0.25) is 0 Å². The molecule has 1 atom stereocenters. The summed E-state index contributed by atoms with van der Waals surface area (Å²) in [6.45, 7) is 4.91. The van der Waals surface area contributed by atoms with E-state index in [9.17, 15) is 14.4 Å². The van der Waals surface area contributed by atoms with Gasteiger partial charge in [0.15, 0.2) is 6.67 Å². The molecular formula is C19H24N3O4+. The van der Waals surface area contributed by atoms with Crippen LogP contribution in [0.5, 0.6) is 0 Å². The quantitative estimate of drug-likeness (QED) is 0.595. The zero-order valence-electron chi connectivity index (χ0n) is 15.4. The van der Waals surface area contributed by atoms with Gasteiger partial charge in [-0.15, -0.1) is 0 Å². The number of aryl methyl sites for hydroxylation is 1. The molecule has 4 amide bonds. The fourth-order valence-corrected chi connectivity index (χ4v) is 3.37. The number of para-hydroxylation sites is 1. The largest absolute Gasteiger partial charge is 0.461 e. The topological polar surface area (TPSA) is 75.3 Å². The lowest BCUT2D eigenvalue weighted by molar-refractivity contribution is -0.901. The predicted octanol–water partition coefficient (Wildman–Crippen LogP) is 1.17. The number of fused-ring (bicyclic) bond motifs is 1. The summed E-state index contributed by atoms with van der Waals surface area (Å²) < 4.78 is 5.90. The standard InChI is InChI=1S/C19H23N3O4/c1-4-10-21-17(23)18(24)22(19(21)25)12-20(3)11-14-13-8-6-7-9-16(13)26-15(14)5-2/h6-9H,4-5,10-12H2,1-3H3/p+1. The first-order valence-corrected chi connectivity index (χ1v) is 8.95. The first-order valence-electron chi connectivity index (χ1n) is 8.95. The maximum atomic E-state index is 12.4. The van der Waals surface area contributed by atoms with Crippen LogP contribution in [0.2, 0.25) is 0 Å². The van der Waals surface area contributed by atoms with Crippen molar-refractivity contribution < 1.29 is 23.7 Å². The summed E-state index contributed by atoms with van der Waals surface area (Å²) in [6.07, 6.45) is 1.39. The normalized spacial score (nSPS) is 16.2. The number of imide groups is 2. The van der Waals surface area contributed by atoms with Crippen LogP contribution >= 0.6 is 0 Å². The highest BCUT2D eigenvalue weighted by atomic mass is 16.3. The smallest absolute Gasteiger partial charge is 0.338 e. The number of hydrogen-bond acceptors (Lipinski definition) is 4. The molecule has 3 rings (SSSR count). The van der Waals surface area contributed by atoms with Crippen LogP contribution in [0.4, 0.5) is 4.79 Å². The Labute approximate surface area is 152 Å². The van der Waals surface area contributed by atoms with Crippen LogP contribution in [-0.4, -0.2) is 47.9 Å². The average Bonchev–Trinajstić information content (AvgIpc) is 3.08. The van der Waals surface area contributed by atoms with Gasteiger partial charge in [-0.1, -0.05) is 32.0 Å². The third-order valence-corrected chi connectivity index (χ3v) is 4.59. The molecule has 1 aromatic heterocycles. The van der Waals surface area contributed by atoms with Gasteiger partial charge in [0.1, 0.15) is 17.9 Å². The molecule has 2 aromatic rings. The summed E-state index contributed by atoms with van der Waals surface area (Å²) in [5.41, 5.74) is 1.92. The molecular weight excluding hydrogens is 334 g/mol. The molecule has 26 heavy (non-hydrogen) atoms. The SMILES string of the molecule is CCCN1C(=O)C(=O)N(C[NH+](C)Cc2c(CC)oc3ccccc23)C1=O. The Balaban J connectivity index is 1.77. The van der Waals surface area contributed by atoms with E-state index in [-0.39, 0.29) is 13.2 Å². The molecule has 0 spiro atoms. The van der Waals surface area contributed by atoms with Crippen molar-refractivity contribution in [2.24, 2.45) is 0 Å². The van der Waals surface area contributed by atoms with Gasteiger partial charge in [-0.05, 0) is 12.5 Å². The molecule has 0 aliphatic carbocycles. The summed E-state index contributed by atoms with van der Waals surface area (Å²) >= 11 is 0. The van der Waals surface area contributed by atoms with Crippen LogP contribution < -0.4 is 4.90 Å². The lowest BCUT2D eigenvalue weighted by Gasteiger charge is -2.20. The summed E-state index contributed by atoms with van der Waals surface area (Å²) in [7, 11) is 1.90. The van der Waals surface area contributed by atoms with E-state index in [4.69, 9.17) is 4.42 Å². The van der Waals surface area contributed by atoms with Crippen LogP contribution in [0.3, 0.4) is 0 Å². The molecule has 2 heterocycles. The Morgan fingerprint density at radius 1 is 1.04 bits per heavy atom. The molecule has 1 N–H and O–H groups in total. The van der Waals surface area contributed by atoms with Gasteiger partial charge in [0.05, 0.1) is 12.6 Å². The van der Waals surface area contributed by atoms with Crippen LogP contribution in [0.25, 0.3) is 11.0 Å². The van der Waals surface area contributed by atoms with Crippen LogP contribution in [-0.2, 0) is 22.6 Å². The number of nitrogens with zero attached hydrogens (tertiary/aromatic N) is 2. The molecule has 0 saturated carbocycles. The first kappa shape index (κ1) is 18.1. The van der Waals surface area contributed by atoms with E-state index in [2.05, 4.69) is 0 Å². The first-order chi connectivity index (χ1) is 12.5. The minimum absolute atomic E-state index is 0.145. The highest BCUT2D eigenvalue weighted by molar-refractivity contribution is 6.44. The number of furan rings is 1. The number of hydrogen-bond donors (Lipinski definition) is 1. The fraction of sp³-hybridized carbons (Fsp3) is 0.421. The van der Waals surface area contributed by atoms with Crippen molar-refractivity contribution in [1.29, 1.82) is 0 Å². The molecule has 7 heteroatoms. The van der Waals surface area contributed by atoms with E-state index >= 15 is 0 Å². The molecule has 1 saturated heterocycles. The molecule has 1 aliphatic rings. The highest BCUT2D eigenvalue weighted by Gasteiger charge is 2.45. The molecule has 138 valence electrons. The van der Waals surface area contributed by atoms with Gasteiger partial charge in [-0.2, -0.15) is 0 Å². The Hall–Kier alpha value is -2.67. The van der Waals surface area contributed by atoms with Crippen molar-refractivity contribution in [3.8, 4) is 0 Å². The van der Waals surface area contributed by atoms with Gasteiger partial charge in [-0.25, -0.2) is 9.69 Å². The number of urea groups is 1. The number of carbonyl (C=O) groups is 3. The minimum atomic E-state index is -0.740. The zero-order valence-corrected chi connectivity index (χ0v) is 15.4. The molecule has 1 fully saturated rings. The summed E-state index contributed by atoms with van der Waals surface area (Å²) in [4.78, 5) is 39.5. The molecule has 1 aromatic carbocycles. The van der Waals surface area contributed by atoms with Crippen molar-refractivity contribution in [2.75, 3.05) is 20.3 Å². The van der Waals surface area contributed by atoms with E-state index in [1.807, 2.05) is 45.2 Å². The van der Waals surface area contributed by atoms with Crippen molar-refractivity contribution in [3.05, 3.63) is 35.6 Å². The van der Waals surface area contributed by atoms with Gasteiger partial charge >= 0.3 is 17.8 Å². The van der Waals surface area contributed by atoms with E-state index in [0.717, 1.165) is 43.4 Å². The summed E-state index contributed by atoms with van der Waals surface area (Å²) in [6, 6.07) is 7.32. The lowest BCUT2D eigenvalue weighted by Crippen LogP contribution is -3.09. The van der Waals surface area contributed by atoms with Gasteiger partial charge in [-0.3, -0.25) is 14.5 Å². The number of nitrogens with one attached hydrogen (secondary N) is 1. The molecule has 7 nitrogen and oxygen atoms in total. The third-order valence-electron chi connectivity index (χ3n) is 4.59. The highest BCUT2D eigenvalue weighted by Crippen LogP contribution is 2.25. The second-order valence-corrected chi connectivity index (χ2v) is 6.62. The van der Waals surface area contributed by atoms with Crippen LogP contribution in [0, 0.1) is 0 Å². The van der Waals surface area contributed by atoms with Gasteiger partial charge in [0, 0.05) is 18.4 Å². The van der Waals surface area contributed by atoms with Gasteiger partial charge in [0.25, 0.3) is 0 Å². The molecule has 1 unspecified atom stereocenters. The summed E-state index contributed by atoms with van der Waals surface area (Å²) in [5.74, 6) is -0.559. The minimum Gasteiger partial charge on any atom is -0.461 e. The maximum Gasteiger partial charge on any atom is 0.338 e. The maximum absolute atomic E-state index is 12.4. The molecule has 1 aliphatic heterocycles. The fourth-order valence-electron chi connectivity index (χ4n) is 3.37. The van der Waals surface area contributed by atoms with E-state index in [0.29, 0.717) is 13.0 Å². The van der Waals surface area contributed by atoms with Crippen molar-refractivity contribution in [2.45, 2.75) is 33.2 Å². The number of rotatable bonds is 7. The number of carbonyl (C=O) groups excluding carboxylic acids is 3. The monoisotopic (exact) mass is 358 g/mol. The second kappa shape index (κ2) is 7.29. The number of amides is 4. The predicted molar refractivity (Wildman–Crippen MR) is 95.3 cm³/mol. The summed E-state index contributed by atoms with van der Waals surface area (Å²) in [5, 5.41) is 1.05. The van der Waals surface area contributed by atoms with Crippen molar-refractivity contribution in [1.82, 2.24) is 9.80 Å². The Morgan fingerprint density at radius 2 is 1.73 bits per heavy atom. The number of benzene rings is 1. The zero-order chi connectivity index (χ0) is 18.8. The van der Waals surface area contributed by atoms with E-state index in [1.54, 1.807) is 0 Å². The lowest BCUT2D eigenvalue weighted by atomic mass is 10.1. The Bertz CT molecular complexity index is 858. The van der Waals surface area contributed by atoms with Crippen molar-refractivity contribution in [3.63, 3.8) is 0 Å². The van der Waals surface area contributed by atoms with Gasteiger partial charge < -0.3 is 9.32 Å². The van der Waals surface area contributed by atoms with Crippen LogP contribution in [0.15, 0.2) is 28.7 Å². The van der Waals surface area contributed by atoms with E-state index in [1.165, 1.54) is 0 Å². The van der Waals surface area contributed by atoms with Crippen LogP contribution in [0.1, 0.15) is 31.6 Å². The Morgan fingerprint density at radius 3 is 2.42 bits per heavy atom. The third kappa shape index (κ3) is 3.10. The Kier molecular flexibility index (Phi) is 5.08. The molecule has 0 bridgehead atoms. The number of quaternary nitrogens is 1. The van der Waals surface area contributed by atoms with Crippen molar-refractivity contribution >= 4 is 28.8 Å². The average molecular weight is 358 g/mol. The van der Waals surface area contributed by atoms with E-state index < -0.39 is 17.8 Å². The second-order valence-electron chi connectivity index (χ2n) is 6.62.